The van der Waals surface area contributed by atoms with Gasteiger partial charge in [0.1, 0.15) is 10.3 Å². The Kier molecular flexibility index (Phi) is 4.96. The monoisotopic (exact) mass is 398 g/mol. The summed E-state index contributed by atoms with van der Waals surface area (Å²) < 4.78 is 0.460. The maximum absolute atomic E-state index is 9.30. The van der Waals surface area contributed by atoms with Crippen molar-refractivity contribution < 1.29 is 0 Å². The van der Waals surface area contributed by atoms with E-state index in [4.69, 9.17) is 23.2 Å². The topological polar surface area (TPSA) is 61.6 Å². The predicted molar refractivity (Wildman–Crippen MR) is 93.1 cm³/mol. The van der Waals surface area contributed by atoms with E-state index in [0.717, 1.165) is 27.9 Å². The molecular weight excluding hydrogens is 387 g/mol. The summed E-state index contributed by atoms with van der Waals surface area (Å²) in [6, 6.07) is 2.25. The Bertz CT molecular complexity index is 760. The van der Waals surface area contributed by atoms with Crippen molar-refractivity contribution in [3.05, 3.63) is 42.6 Å². The van der Waals surface area contributed by atoms with Crippen LogP contribution >= 0.6 is 39.1 Å². The van der Waals surface area contributed by atoms with Crippen molar-refractivity contribution in [2.24, 2.45) is 0 Å². The van der Waals surface area contributed by atoms with Gasteiger partial charge in [-0.3, -0.25) is 0 Å². The highest BCUT2D eigenvalue weighted by Gasteiger charge is 2.16. The van der Waals surface area contributed by atoms with Crippen LogP contribution in [0.2, 0.25) is 10.3 Å². The molecule has 0 amide bonds. The number of rotatable bonds is 2. The summed E-state index contributed by atoms with van der Waals surface area (Å²) >= 11 is 15.2. The van der Waals surface area contributed by atoms with E-state index in [1.54, 1.807) is 0 Å². The number of benzene rings is 1. The van der Waals surface area contributed by atoms with Crippen LogP contribution in [-0.2, 0) is 0 Å². The summed E-state index contributed by atoms with van der Waals surface area (Å²) in [5, 5.41) is 12.9. The van der Waals surface area contributed by atoms with Crippen molar-refractivity contribution in [3.63, 3.8) is 0 Å². The summed E-state index contributed by atoms with van der Waals surface area (Å²) in [6.45, 7) is 7.75. The van der Waals surface area contributed by atoms with Gasteiger partial charge in [-0.15, -0.1) is 0 Å². The highest BCUT2D eigenvalue weighted by atomic mass is 79.9. The molecule has 0 bridgehead atoms. The van der Waals surface area contributed by atoms with E-state index in [-0.39, 0.29) is 10.3 Å². The molecule has 1 aromatic carbocycles. The molecule has 2 rings (SSSR count). The van der Waals surface area contributed by atoms with Gasteiger partial charge in [0.05, 0.1) is 16.1 Å². The zero-order valence-electron chi connectivity index (χ0n) is 12.5. The number of aromatic nitrogens is 2. The second kappa shape index (κ2) is 6.41. The predicted octanol–water partition coefficient (Wildman–Crippen LogP) is 5.39. The summed E-state index contributed by atoms with van der Waals surface area (Å²) in [4.78, 5) is 8.32. The molecule has 0 saturated heterocycles. The highest BCUT2D eigenvalue weighted by molar-refractivity contribution is 9.10. The molecule has 1 heterocycles. The van der Waals surface area contributed by atoms with E-state index in [9.17, 15) is 5.26 Å². The molecule has 0 aliphatic rings. The van der Waals surface area contributed by atoms with Gasteiger partial charge in [-0.2, -0.15) is 15.2 Å². The van der Waals surface area contributed by atoms with Gasteiger partial charge in [0.15, 0.2) is 0 Å². The van der Waals surface area contributed by atoms with Crippen LogP contribution in [0, 0.1) is 39.0 Å². The fraction of sp³-hybridized carbons (Fsp3) is 0.267. The first-order valence-electron chi connectivity index (χ1n) is 6.43. The van der Waals surface area contributed by atoms with Crippen LogP contribution in [0.3, 0.4) is 0 Å². The van der Waals surface area contributed by atoms with E-state index >= 15 is 0 Å². The Hall–Kier alpha value is -1.35. The number of nitrogens with one attached hydrogen (secondary N) is 1. The van der Waals surface area contributed by atoms with Gasteiger partial charge in [-0.25, -0.2) is 0 Å². The van der Waals surface area contributed by atoms with Crippen molar-refractivity contribution in [3.8, 4) is 6.07 Å². The number of nitrogens with zero attached hydrogens (tertiary/aromatic N) is 3. The van der Waals surface area contributed by atoms with Crippen LogP contribution in [0.1, 0.15) is 27.8 Å². The van der Waals surface area contributed by atoms with Crippen molar-refractivity contribution in [2.75, 3.05) is 5.32 Å². The first kappa shape index (κ1) is 17.0. The maximum atomic E-state index is 9.30. The molecule has 0 atom stereocenters. The average molecular weight is 400 g/mol. The summed E-state index contributed by atoms with van der Waals surface area (Å²) in [5.74, 6) is 0.313. The standard InChI is InChI=1S/C15H13BrCl2N4/c1-6-8(3)12(9(4)7(2)10(6)5-19)20-15-21-13(17)11(16)14(18)22-15/h1-4H3,(H,20,21,22). The number of hydrogen-bond acceptors (Lipinski definition) is 4. The lowest BCUT2D eigenvalue weighted by Crippen LogP contribution is -2.06. The molecule has 114 valence electrons. The van der Waals surface area contributed by atoms with Gasteiger partial charge < -0.3 is 5.32 Å². The third-order valence-corrected chi connectivity index (χ3v) is 5.50. The van der Waals surface area contributed by atoms with Crippen LogP contribution in [0.25, 0.3) is 0 Å². The molecule has 22 heavy (non-hydrogen) atoms. The van der Waals surface area contributed by atoms with E-state index in [1.807, 2.05) is 27.7 Å². The van der Waals surface area contributed by atoms with E-state index in [0.29, 0.717) is 16.0 Å². The van der Waals surface area contributed by atoms with Crippen LogP contribution in [-0.4, -0.2) is 9.97 Å². The molecule has 7 heteroatoms. The number of anilines is 2. The molecule has 1 N–H and O–H groups in total. The van der Waals surface area contributed by atoms with Crippen LogP contribution in [0.15, 0.2) is 4.47 Å². The largest absolute Gasteiger partial charge is 0.324 e. The van der Waals surface area contributed by atoms with Gasteiger partial charge in [-0.05, 0) is 65.9 Å². The van der Waals surface area contributed by atoms with Gasteiger partial charge >= 0.3 is 0 Å². The third kappa shape index (κ3) is 2.91. The molecule has 2 aromatic rings. The molecule has 1 aromatic heterocycles. The lowest BCUT2D eigenvalue weighted by Gasteiger charge is -2.18. The summed E-state index contributed by atoms with van der Waals surface area (Å²) in [5.41, 5.74) is 5.37. The zero-order chi connectivity index (χ0) is 16.6. The lowest BCUT2D eigenvalue weighted by molar-refractivity contribution is 1.13. The maximum Gasteiger partial charge on any atom is 0.230 e. The van der Waals surface area contributed by atoms with Crippen molar-refractivity contribution in [1.29, 1.82) is 5.26 Å². The quantitative estimate of drug-likeness (QED) is 0.687. The van der Waals surface area contributed by atoms with Crippen molar-refractivity contribution >= 4 is 50.8 Å². The molecule has 0 aliphatic heterocycles. The van der Waals surface area contributed by atoms with Crippen molar-refractivity contribution in [1.82, 2.24) is 9.97 Å². The lowest BCUT2D eigenvalue weighted by atomic mass is 9.93. The number of hydrogen-bond donors (Lipinski definition) is 1. The second-order valence-corrected chi connectivity index (χ2v) is 6.44. The molecule has 0 aliphatic carbocycles. The third-order valence-electron chi connectivity index (χ3n) is 3.74. The van der Waals surface area contributed by atoms with Crippen LogP contribution in [0.4, 0.5) is 11.6 Å². The van der Waals surface area contributed by atoms with E-state index < -0.39 is 0 Å². The minimum Gasteiger partial charge on any atom is -0.324 e. The zero-order valence-corrected chi connectivity index (χ0v) is 15.6. The smallest absolute Gasteiger partial charge is 0.230 e. The summed E-state index contributed by atoms with van der Waals surface area (Å²) in [6.07, 6.45) is 0. The Morgan fingerprint density at radius 1 is 0.955 bits per heavy atom. The van der Waals surface area contributed by atoms with E-state index in [2.05, 4.69) is 37.3 Å². The van der Waals surface area contributed by atoms with Crippen LogP contribution < -0.4 is 5.32 Å². The number of nitriles is 1. The summed E-state index contributed by atoms with van der Waals surface area (Å²) in [7, 11) is 0. The molecule has 0 spiro atoms. The molecule has 0 radical (unpaired) electrons. The Labute approximate surface area is 147 Å². The molecule has 4 nitrogen and oxygen atoms in total. The van der Waals surface area contributed by atoms with Gasteiger partial charge in [0.25, 0.3) is 0 Å². The van der Waals surface area contributed by atoms with Gasteiger partial charge in [0.2, 0.25) is 5.95 Å². The van der Waals surface area contributed by atoms with Crippen LogP contribution in [0.5, 0.6) is 0 Å². The van der Waals surface area contributed by atoms with Gasteiger partial charge in [-0.1, -0.05) is 23.2 Å². The van der Waals surface area contributed by atoms with Crippen molar-refractivity contribution in [2.45, 2.75) is 27.7 Å². The molecule has 0 saturated carbocycles. The molecule has 0 fully saturated rings. The SMILES string of the molecule is Cc1c(C)c(Nc2nc(Cl)c(Br)c(Cl)n2)c(C)c(C)c1C#N. The molecular formula is C15H13BrCl2N4. The highest BCUT2D eigenvalue weighted by Crippen LogP contribution is 2.33. The second-order valence-electron chi connectivity index (χ2n) is 4.93. The normalized spacial score (nSPS) is 10.5. The minimum absolute atomic E-state index is 0.236. The average Bonchev–Trinajstić information content (AvgIpc) is 2.47. The fourth-order valence-corrected chi connectivity index (χ4v) is 2.79. The van der Waals surface area contributed by atoms with E-state index in [1.165, 1.54) is 0 Å². The minimum atomic E-state index is 0.236. The molecule has 0 unspecified atom stereocenters. The number of halogens is 3. The Morgan fingerprint density at radius 2 is 1.41 bits per heavy atom. The first-order chi connectivity index (χ1) is 10.3. The first-order valence-corrected chi connectivity index (χ1v) is 7.98. The van der Waals surface area contributed by atoms with Gasteiger partial charge in [0, 0.05) is 5.69 Å². The Balaban J connectivity index is 2.58. The Morgan fingerprint density at radius 3 is 1.82 bits per heavy atom. The fourth-order valence-electron chi connectivity index (χ4n) is 2.23.